The number of carbonyl (C=O) groups is 3. The van der Waals surface area contributed by atoms with Gasteiger partial charge in [0, 0.05) is 29.1 Å². The van der Waals surface area contributed by atoms with Crippen molar-refractivity contribution in [1.29, 1.82) is 0 Å². The Morgan fingerprint density at radius 3 is 2.59 bits per heavy atom. The standard InChI is InChI=1S/C22H18ClN5O5S/c23-15-6-1-2-7-16(15)25-22(31)27-9-8-14-17(11-27)34-21(18(14)19(24)29)26-20(30)12-4-3-5-13(10-12)28(32)33/h1-7,10H,8-9,11H2,(H2,24,29)(H,25,31)(H,26,30). The lowest BCUT2D eigenvalue weighted by atomic mass is 10.0. The number of rotatable bonds is 5. The van der Waals surface area contributed by atoms with Gasteiger partial charge in [-0.25, -0.2) is 4.79 Å². The molecule has 0 bridgehead atoms. The number of urea groups is 1. The predicted molar refractivity (Wildman–Crippen MR) is 128 cm³/mol. The van der Waals surface area contributed by atoms with Gasteiger partial charge in [0.1, 0.15) is 5.00 Å². The number of fused-ring (bicyclic) bond motifs is 1. The molecule has 1 aliphatic heterocycles. The van der Waals surface area contributed by atoms with Crippen molar-refractivity contribution in [1.82, 2.24) is 4.90 Å². The summed E-state index contributed by atoms with van der Waals surface area (Å²) in [5.41, 5.74) is 6.77. The van der Waals surface area contributed by atoms with Crippen LogP contribution in [0.1, 0.15) is 31.2 Å². The van der Waals surface area contributed by atoms with Crippen molar-refractivity contribution in [3.05, 3.63) is 85.2 Å². The first-order valence-electron chi connectivity index (χ1n) is 10.0. The first kappa shape index (κ1) is 23.2. The summed E-state index contributed by atoms with van der Waals surface area (Å²) < 4.78 is 0. The second-order valence-corrected chi connectivity index (χ2v) is 8.93. The number of amides is 4. The number of nitrogens with one attached hydrogen (secondary N) is 2. The van der Waals surface area contributed by atoms with Crippen LogP contribution in [-0.4, -0.2) is 34.2 Å². The first-order chi connectivity index (χ1) is 16.2. The number of thiophene rings is 1. The van der Waals surface area contributed by atoms with Crippen LogP contribution in [0.5, 0.6) is 0 Å². The normalized spacial score (nSPS) is 12.6. The molecule has 4 amide bonds. The molecule has 34 heavy (non-hydrogen) atoms. The van der Waals surface area contributed by atoms with Crippen LogP contribution in [-0.2, 0) is 13.0 Å². The van der Waals surface area contributed by atoms with E-state index in [-0.39, 0.29) is 34.4 Å². The summed E-state index contributed by atoms with van der Waals surface area (Å²) in [6.45, 7) is 0.543. The van der Waals surface area contributed by atoms with E-state index < -0.39 is 16.7 Å². The molecule has 1 aliphatic rings. The van der Waals surface area contributed by atoms with E-state index in [9.17, 15) is 24.5 Å². The highest BCUT2D eigenvalue weighted by Gasteiger charge is 2.30. The molecule has 0 saturated heterocycles. The molecule has 0 unspecified atom stereocenters. The quantitative estimate of drug-likeness (QED) is 0.354. The summed E-state index contributed by atoms with van der Waals surface area (Å²) in [6.07, 6.45) is 0.368. The number of hydrogen-bond acceptors (Lipinski definition) is 6. The number of non-ortho nitro benzene ring substituents is 1. The van der Waals surface area contributed by atoms with Crippen LogP contribution < -0.4 is 16.4 Å². The number of anilines is 2. The second-order valence-electron chi connectivity index (χ2n) is 7.42. The SMILES string of the molecule is NC(=O)c1c(NC(=O)c2cccc([N+](=O)[O-])c2)sc2c1CCN(C(=O)Nc1ccccc1Cl)C2. The van der Waals surface area contributed by atoms with E-state index >= 15 is 0 Å². The zero-order valence-electron chi connectivity index (χ0n) is 17.5. The van der Waals surface area contributed by atoms with Crippen molar-refractivity contribution < 1.29 is 19.3 Å². The lowest BCUT2D eigenvalue weighted by Gasteiger charge is -2.27. The fourth-order valence-corrected chi connectivity index (χ4v) is 5.07. The molecule has 3 aromatic rings. The molecular weight excluding hydrogens is 482 g/mol. The molecule has 0 fully saturated rings. The lowest BCUT2D eigenvalue weighted by molar-refractivity contribution is -0.384. The summed E-state index contributed by atoms with van der Waals surface area (Å²) in [6, 6.07) is 11.8. The highest BCUT2D eigenvalue weighted by atomic mass is 35.5. The van der Waals surface area contributed by atoms with Gasteiger partial charge in [0.2, 0.25) is 0 Å². The molecule has 12 heteroatoms. The highest BCUT2D eigenvalue weighted by Crippen LogP contribution is 2.37. The Morgan fingerprint density at radius 1 is 1.12 bits per heavy atom. The van der Waals surface area contributed by atoms with Crippen molar-refractivity contribution in [3.8, 4) is 0 Å². The minimum absolute atomic E-state index is 0.0664. The Labute approximate surface area is 202 Å². The van der Waals surface area contributed by atoms with Crippen molar-refractivity contribution >= 4 is 57.2 Å². The number of para-hydroxylation sites is 1. The summed E-state index contributed by atoms with van der Waals surface area (Å²) in [4.78, 5) is 50.3. The van der Waals surface area contributed by atoms with E-state index in [1.54, 1.807) is 29.2 Å². The predicted octanol–water partition coefficient (Wildman–Crippen LogP) is 4.25. The largest absolute Gasteiger partial charge is 0.365 e. The zero-order valence-corrected chi connectivity index (χ0v) is 19.1. The minimum atomic E-state index is -0.708. The molecule has 1 aromatic heterocycles. The number of nitro benzene ring substituents is 1. The molecule has 10 nitrogen and oxygen atoms in total. The van der Waals surface area contributed by atoms with Gasteiger partial charge in [0.05, 0.1) is 27.7 Å². The summed E-state index contributed by atoms with van der Waals surface area (Å²) in [7, 11) is 0. The fourth-order valence-electron chi connectivity index (χ4n) is 3.62. The maximum absolute atomic E-state index is 12.7. The third kappa shape index (κ3) is 4.70. The van der Waals surface area contributed by atoms with Crippen LogP contribution in [0.3, 0.4) is 0 Å². The van der Waals surface area contributed by atoms with Gasteiger partial charge < -0.3 is 21.3 Å². The van der Waals surface area contributed by atoms with Gasteiger partial charge in [-0.15, -0.1) is 11.3 Å². The van der Waals surface area contributed by atoms with Crippen molar-refractivity contribution in [3.63, 3.8) is 0 Å². The van der Waals surface area contributed by atoms with Crippen LogP contribution in [0, 0.1) is 10.1 Å². The molecule has 4 rings (SSSR count). The number of benzene rings is 2. The van der Waals surface area contributed by atoms with E-state index in [4.69, 9.17) is 17.3 Å². The third-order valence-electron chi connectivity index (χ3n) is 5.25. The maximum Gasteiger partial charge on any atom is 0.322 e. The van der Waals surface area contributed by atoms with E-state index in [0.29, 0.717) is 34.1 Å². The van der Waals surface area contributed by atoms with E-state index in [1.165, 1.54) is 18.2 Å². The third-order valence-corrected chi connectivity index (χ3v) is 6.71. The second kappa shape index (κ2) is 9.49. The molecule has 174 valence electrons. The number of primary amides is 1. The molecule has 0 spiro atoms. The van der Waals surface area contributed by atoms with Gasteiger partial charge >= 0.3 is 6.03 Å². The Bertz CT molecular complexity index is 1320. The monoisotopic (exact) mass is 499 g/mol. The Morgan fingerprint density at radius 2 is 1.88 bits per heavy atom. The number of carbonyl (C=O) groups excluding carboxylic acids is 3. The molecule has 0 saturated carbocycles. The molecular formula is C22H18ClN5O5S. The topological polar surface area (TPSA) is 148 Å². The summed E-state index contributed by atoms with van der Waals surface area (Å²) in [5, 5.41) is 17.1. The first-order valence-corrected chi connectivity index (χ1v) is 11.2. The Kier molecular flexibility index (Phi) is 6.48. The Balaban J connectivity index is 1.55. The number of nitrogens with zero attached hydrogens (tertiary/aromatic N) is 2. The van der Waals surface area contributed by atoms with E-state index in [1.807, 2.05) is 0 Å². The molecule has 0 radical (unpaired) electrons. The molecule has 4 N–H and O–H groups in total. The van der Waals surface area contributed by atoms with Crippen molar-refractivity contribution in [2.45, 2.75) is 13.0 Å². The van der Waals surface area contributed by atoms with Crippen molar-refractivity contribution in [2.24, 2.45) is 5.73 Å². The average molecular weight is 500 g/mol. The zero-order chi connectivity index (χ0) is 24.4. The molecule has 0 atom stereocenters. The van der Waals surface area contributed by atoms with E-state index in [2.05, 4.69) is 10.6 Å². The summed E-state index contributed by atoms with van der Waals surface area (Å²) >= 11 is 7.25. The van der Waals surface area contributed by atoms with Gasteiger partial charge in [-0.2, -0.15) is 0 Å². The maximum atomic E-state index is 12.7. The van der Waals surface area contributed by atoms with Gasteiger partial charge in [-0.3, -0.25) is 19.7 Å². The summed E-state index contributed by atoms with van der Waals surface area (Å²) in [5.74, 6) is -1.32. The minimum Gasteiger partial charge on any atom is -0.365 e. The number of nitro groups is 1. The molecule has 2 aromatic carbocycles. The number of halogens is 1. The molecule has 0 aliphatic carbocycles. The van der Waals surface area contributed by atoms with Crippen LogP contribution >= 0.6 is 22.9 Å². The number of nitrogens with two attached hydrogens (primary N) is 1. The Hall–Kier alpha value is -3.96. The van der Waals surface area contributed by atoms with Crippen LogP contribution in [0.25, 0.3) is 0 Å². The van der Waals surface area contributed by atoms with Crippen LogP contribution in [0.15, 0.2) is 48.5 Å². The fraction of sp³-hybridized carbons (Fsp3) is 0.136. The molecule has 2 heterocycles. The average Bonchev–Trinajstić information content (AvgIpc) is 3.17. The lowest BCUT2D eigenvalue weighted by Crippen LogP contribution is -2.38. The van der Waals surface area contributed by atoms with Crippen molar-refractivity contribution in [2.75, 3.05) is 17.2 Å². The highest BCUT2D eigenvalue weighted by molar-refractivity contribution is 7.17. The van der Waals surface area contributed by atoms with Gasteiger partial charge in [-0.1, -0.05) is 29.8 Å². The van der Waals surface area contributed by atoms with Gasteiger partial charge in [0.15, 0.2) is 0 Å². The smallest absolute Gasteiger partial charge is 0.322 e. The van der Waals surface area contributed by atoms with Gasteiger partial charge in [0.25, 0.3) is 17.5 Å². The van der Waals surface area contributed by atoms with Crippen LogP contribution in [0.2, 0.25) is 5.02 Å². The van der Waals surface area contributed by atoms with E-state index in [0.717, 1.165) is 17.4 Å². The van der Waals surface area contributed by atoms with Gasteiger partial charge in [-0.05, 0) is 30.2 Å². The van der Waals surface area contributed by atoms with Crippen LogP contribution in [0.4, 0.5) is 21.2 Å². The number of hydrogen-bond donors (Lipinski definition) is 3.